The highest BCUT2D eigenvalue weighted by atomic mass is 16.3. The molecule has 0 amide bonds. The van der Waals surface area contributed by atoms with Gasteiger partial charge < -0.3 is 10.2 Å². The lowest BCUT2D eigenvalue weighted by atomic mass is 9.62. The van der Waals surface area contributed by atoms with E-state index in [1.165, 1.54) is 22.3 Å². The van der Waals surface area contributed by atoms with E-state index in [0.29, 0.717) is 6.42 Å². The van der Waals surface area contributed by atoms with Crippen LogP contribution >= 0.6 is 0 Å². The number of fused-ring (bicyclic) bond motifs is 2. The third-order valence-corrected chi connectivity index (χ3v) is 5.89. The van der Waals surface area contributed by atoms with Crippen molar-refractivity contribution in [1.29, 1.82) is 0 Å². The highest BCUT2D eigenvalue weighted by Crippen LogP contribution is 2.54. The van der Waals surface area contributed by atoms with Gasteiger partial charge in [0, 0.05) is 23.9 Å². The summed E-state index contributed by atoms with van der Waals surface area (Å²) in [5.41, 5.74) is 4.68. The predicted molar refractivity (Wildman–Crippen MR) is 102 cm³/mol. The normalized spacial score (nSPS) is 25.4. The van der Waals surface area contributed by atoms with Crippen LogP contribution in [0.5, 0.6) is 0 Å². The zero-order valence-electron chi connectivity index (χ0n) is 14.3. The maximum atomic E-state index is 10.6. The molecule has 0 aliphatic heterocycles. The average Bonchev–Trinajstić information content (AvgIpc) is 3.28. The van der Waals surface area contributed by atoms with E-state index in [1.54, 1.807) is 0 Å². The SMILES string of the molecule is OCCCC(CO)(C1=CC=C2C=CC=CC21)C1C=Cc2ccccc21. The minimum Gasteiger partial charge on any atom is -0.396 e. The van der Waals surface area contributed by atoms with Crippen molar-refractivity contribution >= 4 is 6.08 Å². The second kappa shape index (κ2) is 6.62. The Labute approximate surface area is 149 Å². The zero-order valence-corrected chi connectivity index (χ0v) is 14.3. The largest absolute Gasteiger partial charge is 0.396 e. The van der Waals surface area contributed by atoms with Crippen molar-refractivity contribution in [1.82, 2.24) is 0 Å². The van der Waals surface area contributed by atoms with E-state index in [2.05, 4.69) is 72.9 Å². The van der Waals surface area contributed by atoms with Crippen LogP contribution < -0.4 is 0 Å². The molecule has 3 aliphatic carbocycles. The summed E-state index contributed by atoms with van der Waals surface area (Å²) in [6.45, 7) is 0.227. The second-order valence-corrected chi connectivity index (χ2v) is 7.12. The molecule has 3 aliphatic rings. The van der Waals surface area contributed by atoms with Crippen molar-refractivity contribution < 1.29 is 10.2 Å². The Morgan fingerprint density at radius 3 is 2.68 bits per heavy atom. The van der Waals surface area contributed by atoms with Gasteiger partial charge in [-0.1, -0.05) is 72.9 Å². The minimum atomic E-state index is -0.385. The molecule has 2 N–H and O–H groups in total. The molecular weight excluding hydrogens is 308 g/mol. The summed E-state index contributed by atoms with van der Waals surface area (Å²) in [5, 5.41) is 20.1. The van der Waals surface area contributed by atoms with Crippen LogP contribution in [0.15, 0.2) is 77.9 Å². The quantitative estimate of drug-likeness (QED) is 0.821. The smallest absolute Gasteiger partial charge is 0.0534 e. The van der Waals surface area contributed by atoms with Crippen molar-refractivity contribution in [3.05, 3.63) is 89.1 Å². The van der Waals surface area contributed by atoms with Crippen molar-refractivity contribution in [2.24, 2.45) is 11.3 Å². The van der Waals surface area contributed by atoms with Crippen LogP contribution in [0.4, 0.5) is 0 Å². The molecule has 2 heteroatoms. The van der Waals surface area contributed by atoms with Gasteiger partial charge in [0.15, 0.2) is 0 Å². The number of rotatable bonds is 6. The lowest BCUT2D eigenvalue weighted by Crippen LogP contribution is -2.36. The van der Waals surface area contributed by atoms with Crippen LogP contribution in [0.2, 0.25) is 0 Å². The summed E-state index contributed by atoms with van der Waals surface area (Å²) in [7, 11) is 0. The van der Waals surface area contributed by atoms with Gasteiger partial charge in [-0.25, -0.2) is 0 Å². The molecular formula is C23H24O2. The number of benzene rings is 1. The Hall–Kier alpha value is -2.16. The third-order valence-electron chi connectivity index (χ3n) is 5.89. The summed E-state index contributed by atoms with van der Waals surface area (Å²) < 4.78 is 0. The maximum Gasteiger partial charge on any atom is 0.0534 e. The van der Waals surface area contributed by atoms with Gasteiger partial charge in [-0.3, -0.25) is 0 Å². The Morgan fingerprint density at radius 1 is 0.960 bits per heavy atom. The molecule has 4 rings (SSSR count). The first kappa shape index (κ1) is 16.3. The van der Waals surface area contributed by atoms with Gasteiger partial charge in [-0.15, -0.1) is 0 Å². The molecule has 0 saturated carbocycles. The van der Waals surface area contributed by atoms with Crippen molar-refractivity contribution in [2.45, 2.75) is 18.8 Å². The molecule has 1 aromatic carbocycles. The first-order valence-electron chi connectivity index (χ1n) is 9.06. The maximum absolute atomic E-state index is 10.6. The fourth-order valence-electron chi connectivity index (χ4n) is 4.64. The van der Waals surface area contributed by atoms with E-state index in [-0.39, 0.29) is 30.5 Å². The predicted octanol–water partition coefficient (Wildman–Crippen LogP) is 4.16. The molecule has 1 aromatic rings. The van der Waals surface area contributed by atoms with E-state index in [1.807, 2.05) is 0 Å². The van der Waals surface area contributed by atoms with Crippen molar-refractivity contribution in [3.8, 4) is 0 Å². The lowest BCUT2D eigenvalue weighted by molar-refractivity contribution is 0.118. The topological polar surface area (TPSA) is 40.5 Å². The standard InChI is InChI=1S/C23H24O2/c24-15-5-14-23(16-25,21-12-10-17-6-1-3-8-19(17)21)22-13-11-18-7-2-4-9-20(18)22/h1-4,6-13,19,22,24-25H,5,14-16H2. The average molecular weight is 332 g/mol. The van der Waals surface area contributed by atoms with Gasteiger partial charge in [0.1, 0.15) is 0 Å². The van der Waals surface area contributed by atoms with Crippen molar-refractivity contribution in [2.75, 3.05) is 13.2 Å². The van der Waals surface area contributed by atoms with Crippen molar-refractivity contribution in [3.63, 3.8) is 0 Å². The highest BCUT2D eigenvalue weighted by Gasteiger charge is 2.46. The molecule has 25 heavy (non-hydrogen) atoms. The number of hydrogen-bond donors (Lipinski definition) is 2. The van der Waals surface area contributed by atoms with Crippen LogP contribution in [0.3, 0.4) is 0 Å². The summed E-state index contributed by atoms with van der Waals surface area (Å²) in [5.74, 6) is 0.371. The zero-order chi connectivity index (χ0) is 17.3. The molecule has 0 fully saturated rings. The summed E-state index contributed by atoms with van der Waals surface area (Å²) in [6.07, 6.45) is 18.8. The van der Waals surface area contributed by atoms with Crippen LogP contribution in [0.25, 0.3) is 6.08 Å². The minimum absolute atomic E-state index is 0.0807. The molecule has 0 radical (unpaired) electrons. The van der Waals surface area contributed by atoms with E-state index < -0.39 is 0 Å². The van der Waals surface area contributed by atoms with Gasteiger partial charge in [0.25, 0.3) is 0 Å². The first-order valence-corrected chi connectivity index (χ1v) is 9.06. The Balaban J connectivity index is 1.78. The molecule has 128 valence electrons. The van der Waals surface area contributed by atoms with Gasteiger partial charge in [0.05, 0.1) is 6.61 Å². The summed E-state index contributed by atoms with van der Waals surface area (Å²) >= 11 is 0. The van der Waals surface area contributed by atoms with E-state index in [9.17, 15) is 10.2 Å². The van der Waals surface area contributed by atoms with Crippen LogP contribution in [-0.2, 0) is 0 Å². The number of aliphatic hydroxyl groups is 2. The van der Waals surface area contributed by atoms with Crippen LogP contribution in [-0.4, -0.2) is 23.4 Å². The first-order chi connectivity index (χ1) is 12.3. The fourth-order valence-corrected chi connectivity index (χ4v) is 4.64. The molecule has 0 spiro atoms. The second-order valence-electron chi connectivity index (χ2n) is 7.12. The molecule has 3 atom stereocenters. The Bertz CT molecular complexity index is 809. The van der Waals surface area contributed by atoms with E-state index in [4.69, 9.17) is 0 Å². The highest BCUT2D eigenvalue weighted by molar-refractivity contribution is 5.64. The van der Waals surface area contributed by atoms with Gasteiger partial charge in [0.2, 0.25) is 0 Å². The van der Waals surface area contributed by atoms with E-state index >= 15 is 0 Å². The number of allylic oxidation sites excluding steroid dienone is 8. The van der Waals surface area contributed by atoms with Crippen LogP contribution in [0.1, 0.15) is 29.9 Å². The van der Waals surface area contributed by atoms with Crippen LogP contribution in [0, 0.1) is 11.3 Å². The number of aliphatic hydroxyl groups excluding tert-OH is 2. The Kier molecular flexibility index (Phi) is 4.32. The monoisotopic (exact) mass is 332 g/mol. The molecule has 0 aromatic heterocycles. The molecule has 0 saturated heterocycles. The fraction of sp³-hybridized carbons (Fsp3) is 0.304. The van der Waals surface area contributed by atoms with Gasteiger partial charge in [-0.05, 0) is 35.1 Å². The van der Waals surface area contributed by atoms with Gasteiger partial charge in [-0.2, -0.15) is 0 Å². The molecule has 0 heterocycles. The third kappa shape index (κ3) is 2.57. The molecule has 3 unspecified atom stereocenters. The number of hydrogen-bond acceptors (Lipinski definition) is 2. The Morgan fingerprint density at radius 2 is 1.84 bits per heavy atom. The molecule has 0 bridgehead atoms. The summed E-state index contributed by atoms with van der Waals surface area (Å²) in [4.78, 5) is 0. The van der Waals surface area contributed by atoms with E-state index in [0.717, 1.165) is 6.42 Å². The molecule has 2 nitrogen and oxygen atoms in total. The summed E-state index contributed by atoms with van der Waals surface area (Å²) in [6, 6.07) is 8.44. The van der Waals surface area contributed by atoms with Gasteiger partial charge >= 0.3 is 0 Å². The lowest BCUT2D eigenvalue weighted by Gasteiger charge is -2.42.